The van der Waals surface area contributed by atoms with E-state index in [1.54, 1.807) is 0 Å². The molecule has 2 fully saturated rings. The maximum absolute atomic E-state index is 4.96. The van der Waals surface area contributed by atoms with Crippen LogP contribution in [0.1, 0.15) is 90.9 Å². The first-order valence-corrected chi connectivity index (χ1v) is 9.12. The number of hydrogen-bond acceptors (Lipinski definition) is 1. The molecular weight excluding hydrogens is 244 g/mol. The van der Waals surface area contributed by atoms with E-state index in [2.05, 4.69) is 25.1 Å². The molecule has 0 amide bonds. The Hall–Kier alpha value is -0.530. The molecule has 20 heavy (non-hydrogen) atoms. The Morgan fingerprint density at radius 2 is 1.60 bits per heavy atom. The summed E-state index contributed by atoms with van der Waals surface area (Å²) in [6.07, 6.45) is 18.7. The Kier molecular flexibility index (Phi) is 6.89. The van der Waals surface area contributed by atoms with Crippen molar-refractivity contribution in [3.05, 3.63) is 0 Å². The van der Waals surface area contributed by atoms with Gasteiger partial charge in [0.25, 0.3) is 0 Å². The summed E-state index contributed by atoms with van der Waals surface area (Å²) in [5, 5.41) is 0. The van der Waals surface area contributed by atoms with Gasteiger partial charge in [0.15, 0.2) is 0 Å². The van der Waals surface area contributed by atoms with Crippen LogP contribution in [-0.2, 0) is 0 Å². The standard InChI is InChI=1S/C18H34N2/c1-3-10-16(2)20(18-13-8-5-9-14-18)15-19-17-11-6-4-7-12-17/h15-18H,3-14H2,1-2H3. The predicted octanol–water partition coefficient (Wildman–Crippen LogP) is 5.17. The topological polar surface area (TPSA) is 15.6 Å². The minimum Gasteiger partial charge on any atom is -0.357 e. The molecule has 0 aromatic heterocycles. The molecule has 2 nitrogen and oxygen atoms in total. The van der Waals surface area contributed by atoms with Gasteiger partial charge in [-0.3, -0.25) is 4.99 Å². The van der Waals surface area contributed by atoms with E-state index in [9.17, 15) is 0 Å². The van der Waals surface area contributed by atoms with Gasteiger partial charge in [-0.1, -0.05) is 51.9 Å². The molecule has 2 aliphatic carbocycles. The molecule has 0 saturated heterocycles. The molecule has 0 aliphatic heterocycles. The van der Waals surface area contributed by atoms with E-state index in [4.69, 9.17) is 4.99 Å². The summed E-state index contributed by atoms with van der Waals surface area (Å²) in [5.41, 5.74) is 0. The molecule has 2 aliphatic rings. The van der Waals surface area contributed by atoms with Crippen molar-refractivity contribution in [2.45, 2.75) is 109 Å². The minimum atomic E-state index is 0.615. The smallest absolute Gasteiger partial charge is 0.0858 e. The van der Waals surface area contributed by atoms with Gasteiger partial charge in [-0.25, -0.2) is 0 Å². The lowest BCUT2D eigenvalue weighted by atomic mass is 9.93. The normalized spacial score (nSPS) is 24.1. The number of aliphatic imine (C=N–C) groups is 1. The van der Waals surface area contributed by atoms with Crippen molar-refractivity contribution in [2.75, 3.05) is 0 Å². The monoisotopic (exact) mass is 278 g/mol. The Balaban J connectivity index is 1.94. The summed E-state index contributed by atoms with van der Waals surface area (Å²) in [5.74, 6) is 0. The zero-order valence-electron chi connectivity index (χ0n) is 13.7. The van der Waals surface area contributed by atoms with Gasteiger partial charge >= 0.3 is 0 Å². The van der Waals surface area contributed by atoms with Crippen molar-refractivity contribution in [3.8, 4) is 0 Å². The molecular formula is C18H34N2. The van der Waals surface area contributed by atoms with E-state index in [0.29, 0.717) is 12.1 Å². The third-order valence-electron chi connectivity index (χ3n) is 5.20. The Labute approximate surface area is 126 Å². The van der Waals surface area contributed by atoms with Crippen molar-refractivity contribution in [3.63, 3.8) is 0 Å². The van der Waals surface area contributed by atoms with Gasteiger partial charge in [-0.05, 0) is 39.0 Å². The molecule has 116 valence electrons. The molecule has 0 aromatic rings. The average Bonchev–Trinajstić information content (AvgIpc) is 2.50. The summed E-state index contributed by atoms with van der Waals surface area (Å²) in [6.45, 7) is 4.69. The SMILES string of the molecule is CCCC(C)N(C=NC1CCCCC1)C1CCCCC1. The van der Waals surface area contributed by atoms with Crippen LogP contribution in [0.4, 0.5) is 0 Å². The van der Waals surface area contributed by atoms with E-state index >= 15 is 0 Å². The molecule has 2 saturated carbocycles. The van der Waals surface area contributed by atoms with E-state index in [0.717, 1.165) is 6.04 Å². The quantitative estimate of drug-likeness (QED) is 0.483. The Morgan fingerprint density at radius 1 is 1.00 bits per heavy atom. The van der Waals surface area contributed by atoms with Crippen LogP contribution >= 0.6 is 0 Å². The first-order valence-electron chi connectivity index (χ1n) is 9.12. The molecule has 1 atom stereocenters. The minimum absolute atomic E-state index is 0.615. The van der Waals surface area contributed by atoms with Crippen LogP contribution in [0.2, 0.25) is 0 Å². The molecule has 2 heteroatoms. The summed E-state index contributed by atoms with van der Waals surface area (Å²) < 4.78 is 0. The second-order valence-corrected chi connectivity index (χ2v) is 6.93. The lowest BCUT2D eigenvalue weighted by Gasteiger charge is -2.37. The van der Waals surface area contributed by atoms with Crippen molar-refractivity contribution in [1.29, 1.82) is 0 Å². The lowest BCUT2D eigenvalue weighted by Crippen LogP contribution is -2.42. The fraction of sp³-hybridized carbons (Fsp3) is 0.944. The van der Waals surface area contributed by atoms with Gasteiger partial charge < -0.3 is 4.90 Å². The van der Waals surface area contributed by atoms with E-state index in [1.807, 2.05) is 0 Å². The third kappa shape index (κ3) is 4.79. The maximum atomic E-state index is 4.96. The largest absolute Gasteiger partial charge is 0.357 e. The van der Waals surface area contributed by atoms with E-state index in [1.165, 1.54) is 77.0 Å². The summed E-state index contributed by atoms with van der Waals surface area (Å²) in [4.78, 5) is 7.59. The van der Waals surface area contributed by atoms with Crippen LogP contribution in [0, 0.1) is 0 Å². The second-order valence-electron chi connectivity index (χ2n) is 6.93. The second kappa shape index (κ2) is 8.69. The molecule has 0 N–H and O–H groups in total. The van der Waals surface area contributed by atoms with Crippen LogP contribution in [0.3, 0.4) is 0 Å². The Bertz CT molecular complexity index is 275. The van der Waals surface area contributed by atoms with Crippen molar-refractivity contribution < 1.29 is 0 Å². The average molecular weight is 278 g/mol. The third-order valence-corrected chi connectivity index (χ3v) is 5.20. The van der Waals surface area contributed by atoms with Crippen LogP contribution in [-0.4, -0.2) is 29.4 Å². The summed E-state index contributed by atoms with van der Waals surface area (Å²) in [6, 6.07) is 2.04. The van der Waals surface area contributed by atoms with Crippen molar-refractivity contribution in [1.82, 2.24) is 4.90 Å². The fourth-order valence-corrected chi connectivity index (χ4v) is 3.92. The van der Waals surface area contributed by atoms with Gasteiger partial charge in [-0.15, -0.1) is 0 Å². The van der Waals surface area contributed by atoms with Gasteiger partial charge in [0.2, 0.25) is 0 Å². The highest BCUT2D eigenvalue weighted by molar-refractivity contribution is 5.56. The summed E-state index contributed by atoms with van der Waals surface area (Å²) in [7, 11) is 0. The first kappa shape index (κ1) is 15.9. The fourth-order valence-electron chi connectivity index (χ4n) is 3.92. The molecule has 0 spiro atoms. The predicted molar refractivity (Wildman–Crippen MR) is 88.4 cm³/mol. The zero-order valence-corrected chi connectivity index (χ0v) is 13.7. The van der Waals surface area contributed by atoms with Crippen molar-refractivity contribution in [2.24, 2.45) is 4.99 Å². The molecule has 0 bridgehead atoms. The van der Waals surface area contributed by atoms with Crippen LogP contribution < -0.4 is 0 Å². The number of nitrogens with zero attached hydrogens (tertiary/aromatic N) is 2. The lowest BCUT2D eigenvalue weighted by molar-refractivity contribution is 0.196. The van der Waals surface area contributed by atoms with Crippen LogP contribution in [0.5, 0.6) is 0 Å². The Morgan fingerprint density at radius 3 is 2.20 bits per heavy atom. The highest BCUT2D eigenvalue weighted by atomic mass is 15.2. The van der Waals surface area contributed by atoms with Gasteiger partial charge in [-0.2, -0.15) is 0 Å². The highest BCUT2D eigenvalue weighted by Crippen LogP contribution is 2.25. The van der Waals surface area contributed by atoms with Crippen molar-refractivity contribution >= 4 is 6.34 Å². The zero-order chi connectivity index (χ0) is 14.2. The van der Waals surface area contributed by atoms with Gasteiger partial charge in [0.1, 0.15) is 0 Å². The van der Waals surface area contributed by atoms with Gasteiger partial charge in [0.05, 0.1) is 12.4 Å². The number of rotatable bonds is 6. The molecule has 0 aromatic carbocycles. The molecule has 0 heterocycles. The summed E-state index contributed by atoms with van der Waals surface area (Å²) >= 11 is 0. The highest BCUT2D eigenvalue weighted by Gasteiger charge is 2.23. The van der Waals surface area contributed by atoms with Gasteiger partial charge in [0, 0.05) is 12.1 Å². The van der Waals surface area contributed by atoms with E-state index in [-0.39, 0.29) is 0 Å². The molecule has 0 radical (unpaired) electrons. The number of hydrogen-bond donors (Lipinski definition) is 0. The van der Waals surface area contributed by atoms with Crippen LogP contribution in [0.25, 0.3) is 0 Å². The van der Waals surface area contributed by atoms with Crippen LogP contribution in [0.15, 0.2) is 4.99 Å². The molecule has 2 rings (SSSR count). The molecule has 1 unspecified atom stereocenters. The maximum Gasteiger partial charge on any atom is 0.0858 e. The van der Waals surface area contributed by atoms with E-state index < -0.39 is 0 Å². The first-order chi connectivity index (χ1) is 9.81.